The molecule has 9 rings (SSSR count). The number of carbonyl (C=O) groups is 2. The van der Waals surface area contributed by atoms with Crippen molar-refractivity contribution in [3.8, 4) is 22.6 Å². The predicted molar refractivity (Wildman–Crippen MR) is 202 cm³/mol. The molecule has 0 radical (unpaired) electrons. The van der Waals surface area contributed by atoms with Gasteiger partial charge < -0.3 is 14.5 Å². The minimum Gasteiger partial charge on any atom is -0.455 e. The number of carbonyl (C=O) groups excluding carboxylic acids is 2. The normalized spacial score (nSPS) is 16.3. The molecule has 3 aromatic carbocycles. The van der Waals surface area contributed by atoms with E-state index in [9.17, 15) is 22.4 Å². The number of furan rings is 1. The molecule has 6 heterocycles. The van der Waals surface area contributed by atoms with Crippen LogP contribution in [0, 0.1) is 11.6 Å². The third kappa shape index (κ3) is 5.71. The van der Waals surface area contributed by atoms with Gasteiger partial charge in [-0.05, 0) is 54.6 Å². The summed E-state index contributed by atoms with van der Waals surface area (Å²) in [4.78, 5) is 39.3. The number of piperazine rings is 1. The van der Waals surface area contributed by atoms with Crippen molar-refractivity contribution in [2.24, 2.45) is 0 Å². The first kappa shape index (κ1) is 34.6. The predicted octanol–water partition coefficient (Wildman–Crippen LogP) is 5.79. The molecule has 0 spiro atoms. The number of nitrogens with one attached hydrogen (secondary N) is 1. The van der Waals surface area contributed by atoms with Crippen molar-refractivity contribution >= 4 is 66.0 Å². The van der Waals surface area contributed by atoms with Gasteiger partial charge in [0.1, 0.15) is 35.4 Å². The van der Waals surface area contributed by atoms with Crippen LogP contribution < -0.4 is 9.62 Å². The van der Waals surface area contributed by atoms with Crippen LogP contribution in [-0.4, -0.2) is 97.2 Å². The number of sulfonamides is 1. The van der Waals surface area contributed by atoms with Gasteiger partial charge in [0.15, 0.2) is 0 Å². The summed E-state index contributed by atoms with van der Waals surface area (Å²) in [6.45, 7) is 2.44. The Morgan fingerprint density at radius 3 is 2.58 bits per heavy atom. The van der Waals surface area contributed by atoms with E-state index in [0.717, 1.165) is 10.6 Å². The second kappa shape index (κ2) is 12.7. The third-order valence-electron chi connectivity index (χ3n) is 10.5. The van der Waals surface area contributed by atoms with Crippen LogP contribution in [0.5, 0.6) is 0 Å². The van der Waals surface area contributed by atoms with Crippen molar-refractivity contribution in [3.63, 3.8) is 0 Å². The van der Waals surface area contributed by atoms with Crippen LogP contribution in [0.4, 0.5) is 19.3 Å². The van der Waals surface area contributed by atoms with Gasteiger partial charge in [-0.15, -0.1) is 0 Å². The van der Waals surface area contributed by atoms with E-state index < -0.39 is 27.6 Å². The van der Waals surface area contributed by atoms with Crippen molar-refractivity contribution < 1.29 is 35.9 Å². The first-order valence-corrected chi connectivity index (χ1v) is 19.3. The summed E-state index contributed by atoms with van der Waals surface area (Å²) in [5, 5.41) is 4.05. The molecule has 55 heavy (non-hydrogen) atoms. The van der Waals surface area contributed by atoms with Crippen LogP contribution in [0.25, 0.3) is 60.9 Å². The number of aromatic nitrogens is 3. The highest BCUT2D eigenvalue weighted by molar-refractivity contribution is 7.92. The molecule has 16 heteroatoms. The molecule has 2 fully saturated rings. The molecule has 1 unspecified atom stereocenters. The number of pyridine rings is 1. The third-order valence-corrected chi connectivity index (χ3v) is 11.7. The number of fused-ring (bicyclic) bond motifs is 7. The largest absolute Gasteiger partial charge is 0.455 e. The number of amides is 2. The number of halogens is 2. The second-order valence-electron chi connectivity index (χ2n) is 13.8. The SMILES string of the molecule is CNC(=O)c1c(-c2ccc(F)cc2)oc2cc(N(C)S(C)(=O)=O)c(-c3cc4c(cn3)nc(CN3CCN5C(=O)OCC5C3)n3c5cccc(F)c5cc43)cc12. The van der Waals surface area contributed by atoms with E-state index in [1.165, 1.54) is 50.5 Å². The molecule has 0 bridgehead atoms. The maximum absolute atomic E-state index is 15.4. The first-order chi connectivity index (χ1) is 26.4. The Morgan fingerprint density at radius 2 is 1.82 bits per heavy atom. The zero-order valence-corrected chi connectivity index (χ0v) is 30.7. The number of rotatable bonds is 7. The summed E-state index contributed by atoms with van der Waals surface area (Å²) < 4.78 is 69.8. The fraction of sp³-hybridized carbons (Fsp3) is 0.231. The Hall–Kier alpha value is -6.13. The van der Waals surface area contributed by atoms with Crippen LogP contribution in [-0.2, 0) is 21.3 Å². The van der Waals surface area contributed by atoms with Gasteiger partial charge in [0, 0.05) is 67.1 Å². The Bertz CT molecular complexity index is 2860. The number of benzene rings is 3. The summed E-state index contributed by atoms with van der Waals surface area (Å²) in [7, 11) is -0.924. The summed E-state index contributed by atoms with van der Waals surface area (Å²) >= 11 is 0. The van der Waals surface area contributed by atoms with Crippen LogP contribution in [0.15, 0.2) is 77.3 Å². The van der Waals surface area contributed by atoms with Crippen molar-refractivity contribution in [3.05, 3.63) is 95.9 Å². The lowest BCUT2D eigenvalue weighted by atomic mass is 10.00. The van der Waals surface area contributed by atoms with Gasteiger partial charge in [-0.1, -0.05) is 6.07 Å². The topological polar surface area (TPSA) is 143 Å². The van der Waals surface area contributed by atoms with Crippen molar-refractivity contribution in [1.29, 1.82) is 0 Å². The number of cyclic esters (lactones) is 1. The van der Waals surface area contributed by atoms with Crippen molar-refractivity contribution in [2.45, 2.75) is 12.6 Å². The standard InChI is InChI=1S/C39H33F2N7O6S/c1-42-38(49)36-27-13-25(32(45(2)55(3,51)52)16-34(27)54-37(36)21-7-9-22(40)10-8-21)29-14-26-30(17-43-29)44-35(19-46-11-12-47-23(18-46)20-53-39(47)50)48-31-6-4-5-28(41)24(31)15-33(26)48/h4-10,13-17,23H,11-12,18-20H2,1-3H3,(H,42,49). The molecule has 0 aliphatic carbocycles. The minimum absolute atomic E-state index is 0.0669. The van der Waals surface area contributed by atoms with E-state index in [4.69, 9.17) is 19.1 Å². The van der Waals surface area contributed by atoms with E-state index in [1.54, 1.807) is 35.4 Å². The summed E-state index contributed by atoms with van der Waals surface area (Å²) in [5.41, 5.74) is 3.62. The molecule has 280 valence electrons. The smallest absolute Gasteiger partial charge is 0.410 e. The molecule has 2 aliphatic rings. The van der Waals surface area contributed by atoms with Crippen molar-refractivity contribution in [2.75, 3.05) is 50.9 Å². The second-order valence-corrected chi connectivity index (χ2v) is 15.8. The molecular weight excluding hydrogens is 733 g/mol. The zero-order valence-electron chi connectivity index (χ0n) is 29.8. The quantitative estimate of drug-likeness (QED) is 0.214. The Labute approximate surface area is 312 Å². The van der Waals surface area contributed by atoms with Crippen LogP contribution in [0.2, 0.25) is 0 Å². The number of ether oxygens (including phenoxy) is 1. The molecule has 13 nitrogen and oxygen atoms in total. The van der Waals surface area contributed by atoms with Crippen LogP contribution in [0.1, 0.15) is 16.2 Å². The Kier molecular flexibility index (Phi) is 8.02. The van der Waals surface area contributed by atoms with Gasteiger partial charge in [0.05, 0.1) is 58.5 Å². The fourth-order valence-corrected chi connectivity index (χ4v) is 8.19. The van der Waals surface area contributed by atoms with E-state index in [-0.39, 0.29) is 34.7 Å². The average molecular weight is 766 g/mol. The lowest BCUT2D eigenvalue weighted by Gasteiger charge is -2.35. The molecule has 4 aromatic heterocycles. The van der Waals surface area contributed by atoms with Gasteiger partial charge in [-0.25, -0.2) is 27.0 Å². The molecule has 2 amide bonds. The van der Waals surface area contributed by atoms with E-state index in [0.29, 0.717) is 88.1 Å². The Balaban J connectivity index is 1.25. The molecule has 0 saturated carbocycles. The van der Waals surface area contributed by atoms with E-state index >= 15 is 4.39 Å². The molecule has 1 atom stereocenters. The van der Waals surface area contributed by atoms with Crippen molar-refractivity contribution in [1.82, 2.24) is 29.5 Å². The van der Waals surface area contributed by atoms with E-state index in [2.05, 4.69) is 10.2 Å². The zero-order chi connectivity index (χ0) is 38.3. The van der Waals surface area contributed by atoms with Crippen LogP contribution >= 0.6 is 0 Å². The van der Waals surface area contributed by atoms with Gasteiger partial charge in [-0.2, -0.15) is 0 Å². The highest BCUT2D eigenvalue weighted by Crippen LogP contribution is 2.42. The number of anilines is 1. The maximum Gasteiger partial charge on any atom is 0.410 e. The van der Waals surface area contributed by atoms with Gasteiger partial charge in [-0.3, -0.25) is 28.3 Å². The highest BCUT2D eigenvalue weighted by atomic mass is 32.2. The van der Waals surface area contributed by atoms with E-state index in [1.807, 2.05) is 10.5 Å². The van der Waals surface area contributed by atoms with Gasteiger partial charge >= 0.3 is 6.09 Å². The van der Waals surface area contributed by atoms with Crippen LogP contribution in [0.3, 0.4) is 0 Å². The molecule has 7 aromatic rings. The van der Waals surface area contributed by atoms with Gasteiger partial charge in [0.2, 0.25) is 10.0 Å². The summed E-state index contributed by atoms with van der Waals surface area (Å²) in [5.74, 6) is -0.492. The molecule has 1 N–H and O–H groups in total. The summed E-state index contributed by atoms with van der Waals surface area (Å²) in [6, 6.07) is 17.1. The Morgan fingerprint density at radius 1 is 1.02 bits per heavy atom. The molecule has 2 aliphatic heterocycles. The number of hydrogen-bond donors (Lipinski definition) is 1. The minimum atomic E-state index is -3.81. The fourth-order valence-electron chi connectivity index (χ4n) is 7.68. The average Bonchev–Trinajstić information content (AvgIpc) is 3.87. The van der Waals surface area contributed by atoms with Gasteiger partial charge in [0.25, 0.3) is 5.91 Å². The lowest BCUT2D eigenvalue weighted by molar-refractivity contribution is 0.0964. The first-order valence-electron chi connectivity index (χ1n) is 17.5. The highest BCUT2D eigenvalue weighted by Gasteiger charge is 2.37. The number of nitrogens with zero attached hydrogens (tertiary/aromatic N) is 6. The maximum atomic E-state index is 15.4. The number of hydrogen-bond acceptors (Lipinski definition) is 9. The molecule has 2 saturated heterocycles. The summed E-state index contributed by atoms with van der Waals surface area (Å²) in [6.07, 6.45) is 2.36. The monoisotopic (exact) mass is 765 g/mol. The lowest BCUT2D eigenvalue weighted by Crippen LogP contribution is -2.51. The molecular formula is C39H33F2N7O6S.